The van der Waals surface area contributed by atoms with E-state index in [-0.39, 0.29) is 21.9 Å². The van der Waals surface area contributed by atoms with E-state index < -0.39 is 15.6 Å². The van der Waals surface area contributed by atoms with Crippen LogP contribution in [0.4, 0.5) is 4.79 Å². The second-order valence-electron chi connectivity index (χ2n) is 7.36. The van der Waals surface area contributed by atoms with Crippen LogP contribution in [0.5, 0.6) is 5.75 Å². The molecule has 1 aromatic rings. The summed E-state index contributed by atoms with van der Waals surface area (Å²) in [5.74, 6) is 0.691. The first-order chi connectivity index (χ1) is 12.0. The summed E-state index contributed by atoms with van der Waals surface area (Å²) in [5, 5.41) is 5.27. The third kappa shape index (κ3) is 6.03. The minimum atomic E-state index is -3.79. The van der Waals surface area contributed by atoms with E-state index in [0.717, 1.165) is 12.8 Å². The summed E-state index contributed by atoms with van der Waals surface area (Å²) >= 11 is 6.06. The van der Waals surface area contributed by atoms with Crippen LogP contribution < -0.4 is 9.88 Å². The number of carbonyl (C=O) groups excluding carboxylic acids is 1. The van der Waals surface area contributed by atoms with Gasteiger partial charge in [0.05, 0.1) is 16.5 Å². The van der Waals surface area contributed by atoms with Crippen LogP contribution in [-0.4, -0.2) is 44.7 Å². The van der Waals surface area contributed by atoms with Crippen LogP contribution in [0.1, 0.15) is 33.6 Å². The van der Waals surface area contributed by atoms with Crippen molar-refractivity contribution in [2.75, 3.05) is 19.7 Å². The number of hydrogen-bond acceptors (Lipinski definition) is 5. The van der Waals surface area contributed by atoms with Crippen LogP contribution in [0, 0.1) is 5.92 Å². The Morgan fingerprint density at radius 1 is 1.31 bits per heavy atom. The van der Waals surface area contributed by atoms with Gasteiger partial charge < -0.3 is 14.4 Å². The predicted octanol–water partition coefficient (Wildman–Crippen LogP) is 3.01. The minimum absolute atomic E-state index is 0.0551. The fraction of sp³-hybridized carbons (Fsp3) is 0.588. The lowest BCUT2D eigenvalue weighted by Crippen LogP contribution is -2.42. The Hall–Kier alpha value is -1.51. The van der Waals surface area contributed by atoms with E-state index in [1.165, 1.54) is 18.2 Å². The number of ether oxygens (including phenoxy) is 2. The molecule has 1 aliphatic heterocycles. The lowest BCUT2D eigenvalue weighted by atomic mass is 9.98. The number of nitrogens with zero attached hydrogens (tertiary/aromatic N) is 1. The zero-order valence-electron chi connectivity index (χ0n) is 15.2. The maximum atomic E-state index is 12.1. The number of primary sulfonamides is 1. The number of benzene rings is 1. The van der Waals surface area contributed by atoms with Gasteiger partial charge in [-0.1, -0.05) is 11.6 Å². The van der Waals surface area contributed by atoms with Gasteiger partial charge in [-0.05, 0) is 57.7 Å². The topological polar surface area (TPSA) is 98.9 Å². The standard InChI is InChI=1S/C17H25ClN2O5S/c1-17(2,3)25-16(21)20-8-6-12(7-9-20)11-24-15-5-4-13(10-14(15)18)26(19,22)23/h4-5,10,12H,6-9,11H2,1-3H3,(H2,19,22,23). The molecule has 2 rings (SSSR count). The van der Waals surface area contributed by atoms with Gasteiger partial charge in [0.25, 0.3) is 0 Å². The highest BCUT2D eigenvalue weighted by molar-refractivity contribution is 7.89. The van der Waals surface area contributed by atoms with Crippen LogP contribution in [-0.2, 0) is 14.8 Å². The molecule has 0 aromatic heterocycles. The van der Waals surface area contributed by atoms with E-state index in [4.69, 9.17) is 26.2 Å². The fourth-order valence-electron chi connectivity index (χ4n) is 2.59. The number of carbonyl (C=O) groups is 1. The van der Waals surface area contributed by atoms with E-state index in [1.807, 2.05) is 20.8 Å². The van der Waals surface area contributed by atoms with E-state index in [2.05, 4.69) is 0 Å². The van der Waals surface area contributed by atoms with Gasteiger partial charge in [-0.3, -0.25) is 0 Å². The maximum Gasteiger partial charge on any atom is 0.410 e. The summed E-state index contributed by atoms with van der Waals surface area (Å²) in [4.78, 5) is 13.7. The first kappa shape index (κ1) is 20.8. The Morgan fingerprint density at radius 2 is 1.92 bits per heavy atom. The number of sulfonamides is 1. The molecule has 26 heavy (non-hydrogen) atoms. The second kappa shape index (κ2) is 8.02. The summed E-state index contributed by atoms with van der Waals surface area (Å²) in [6.07, 6.45) is 1.30. The molecule has 0 unspecified atom stereocenters. The molecule has 0 atom stereocenters. The van der Waals surface area contributed by atoms with Crippen molar-refractivity contribution in [3.05, 3.63) is 23.2 Å². The van der Waals surface area contributed by atoms with Gasteiger partial charge in [-0.25, -0.2) is 18.4 Å². The zero-order valence-corrected chi connectivity index (χ0v) is 16.8. The Kier molecular flexibility index (Phi) is 6.42. The van der Waals surface area contributed by atoms with Crippen molar-refractivity contribution in [3.63, 3.8) is 0 Å². The highest BCUT2D eigenvalue weighted by Gasteiger charge is 2.27. The second-order valence-corrected chi connectivity index (χ2v) is 9.33. The van der Waals surface area contributed by atoms with Crippen molar-refractivity contribution in [1.82, 2.24) is 4.90 Å². The molecule has 2 N–H and O–H groups in total. The molecule has 1 heterocycles. The Morgan fingerprint density at radius 3 is 2.42 bits per heavy atom. The lowest BCUT2D eigenvalue weighted by molar-refractivity contribution is 0.0165. The van der Waals surface area contributed by atoms with Crippen molar-refractivity contribution >= 4 is 27.7 Å². The number of piperidine rings is 1. The van der Waals surface area contributed by atoms with Crippen LogP contribution >= 0.6 is 11.6 Å². The maximum absolute atomic E-state index is 12.1. The molecule has 0 bridgehead atoms. The fourth-order valence-corrected chi connectivity index (χ4v) is 3.43. The van der Waals surface area contributed by atoms with E-state index in [0.29, 0.717) is 25.4 Å². The van der Waals surface area contributed by atoms with Crippen molar-refractivity contribution in [2.24, 2.45) is 11.1 Å². The molecule has 7 nitrogen and oxygen atoms in total. The average Bonchev–Trinajstić information content (AvgIpc) is 2.51. The molecule has 0 saturated carbocycles. The van der Waals surface area contributed by atoms with Gasteiger partial charge >= 0.3 is 6.09 Å². The zero-order chi connectivity index (χ0) is 19.5. The van der Waals surface area contributed by atoms with Gasteiger partial charge in [0.2, 0.25) is 10.0 Å². The lowest BCUT2D eigenvalue weighted by Gasteiger charge is -2.33. The Balaban J connectivity index is 1.84. The minimum Gasteiger partial charge on any atom is -0.492 e. The van der Waals surface area contributed by atoms with E-state index in [1.54, 1.807) is 4.90 Å². The summed E-state index contributed by atoms with van der Waals surface area (Å²) in [5.41, 5.74) is -0.503. The number of rotatable bonds is 4. The Bertz CT molecular complexity index is 753. The third-order valence-electron chi connectivity index (χ3n) is 3.97. The summed E-state index contributed by atoms with van der Waals surface area (Å²) in [6.45, 7) is 7.20. The molecule has 1 amide bonds. The molecule has 1 saturated heterocycles. The van der Waals surface area contributed by atoms with Crippen LogP contribution in [0.3, 0.4) is 0 Å². The number of hydrogen-bond donors (Lipinski definition) is 1. The smallest absolute Gasteiger partial charge is 0.410 e. The molecular weight excluding hydrogens is 380 g/mol. The molecule has 0 spiro atoms. The molecule has 0 radical (unpaired) electrons. The van der Waals surface area contributed by atoms with E-state index in [9.17, 15) is 13.2 Å². The molecular formula is C17H25ClN2O5S. The van der Waals surface area contributed by atoms with Gasteiger partial charge in [0, 0.05) is 13.1 Å². The highest BCUT2D eigenvalue weighted by atomic mass is 35.5. The van der Waals surface area contributed by atoms with Crippen LogP contribution in [0.25, 0.3) is 0 Å². The first-order valence-electron chi connectivity index (χ1n) is 8.39. The summed E-state index contributed by atoms with van der Waals surface area (Å²) in [7, 11) is -3.79. The molecule has 146 valence electrons. The number of nitrogens with two attached hydrogens (primary N) is 1. The number of amides is 1. The van der Waals surface area contributed by atoms with Gasteiger partial charge in [-0.15, -0.1) is 0 Å². The van der Waals surface area contributed by atoms with Crippen molar-refractivity contribution in [2.45, 2.75) is 44.1 Å². The quantitative estimate of drug-likeness (QED) is 0.831. The van der Waals surface area contributed by atoms with Crippen LogP contribution in [0.15, 0.2) is 23.1 Å². The largest absolute Gasteiger partial charge is 0.492 e. The first-order valence-corrected chi connectivity index (χ1v) is 10.3. The van der Waals surface area contributed by atoms with Crippen molar-refractivity contribution in [3.8, 4) is 5.75 Å². The highest BCUT2D eigenvalue weighted by Crippen LogP contribution is 2.28. The summed E-state index contributed by atoms with van der Waals surface area (Å²) < 4.78 is 33.7. The molecule has 0 aliphatic carbocycles. The number of halogens is 1. The monoisotopic (exact) mass is 404 g/mol. The Labute approximate surface area is 159 Å². The predicted molar refractivity (Wildman–Crippen MR) is 98.9 cm³/mol. The van der Waals surface area contributed by atoms with Crippen molar-refractivity contribution < 1.29 is 22.7 Å². The molecule has 1 aromatic carbocycles. The molecule has 9 heteroatoms. The summed E-state index contributed by atoms with van der Waals surface area (Å²) in [6, 6.07) is 4.14. The SMILES string of the molecule is CC(C)(C)OC(=O)N1CCC(COc2ccc(S(N)(=O)=O)cc2Cl)CC1. The van der Waals surface area contributed by atoms with E-state index >= 15 is 0 Å². The molecule has 1 fully saturated rings. The van der Waals surface area contributed by atoms with Gasteiger partial charge in [0.15, 0.2) is 0 Å². The van der Waals surface area contributed by atoms with Gasteiger partial charge in [-0.2, -0.15) is 0 Å². The number of likely N-dealkylation sites (tertiary alicyclic amines) is 1. The average molecular weight is 405 g/mol. The normalized spacial score (nSPS) is 16.4. The van der Waals surface area contributed by atoms with Crippen molar-refractivity contribution in [1.29, 1.82) is 0 Å². The molecule has 1 aliphatic rings. The third-order valence-corrected chi connectivity index (χ3v) is 5.18. The van der Waals surface area contributed by atoms with Crippen LogP contribution in [0.2, 0.25) is 5.02 Å². The van der Waals surface area contributed by atoms with Gasteiger partial charge in [0.1, 0.15) is 11.4 Å².